The topological polar surface area (TPSA) is 59.1 Å². The van der Waals surface area contributed by atoms with Gasteiger partial charge >= 0.3 is 0 Å². The maximum atomic E-state index is 13.6. The minimum Gasteiger partial charge on any atom is -0.497 e. The van der Waals surface area contributed by atoms with Crippen molar-refractivity contribution in [1.29, 1.82) is 0 Å². The molecule has 0 fully saturated rings. The normalized spacial score (nSPS) is 15.8. The number of methoxy groups -OCH3 is 2. The molecule has 1 aromatic carbocycles. The zero-order valence-corrected chi connectivity index (χ0v) is 21.4. The Morgan fingerprint density at radius 1 is 1.21 bits per heavy atom. The average Bonchev–Trinajstić information content (AvgIpc) is 3.31. The lowest BCUT2D eigenvalue weighted by molar-refractivity contribution is -0.146. The van der Waals surface area contributed by atoms with Crippen LogP contribution in [0.1, 0.15) is 42.3 Å². The molecule has 1 aromatic heterocycles. The van der Waals surface area contributed by atoms with Crippen LogP contribution in [0.25, 0.3) is 0 Å². The fraction of sp³-hybridized carbons (Fsp3) is 0.520. The van der Waals surface area contributed by atoms with Crippen LogP contribution in [-0.2, 0) is 20.7 Å². The van der Waals surface area contributed by atoms with Crippen molar-refractivity contribution in [2.24, 2.45) is 5.41 Å². The quantitative estimate of drug-likeness (QED) is 0.365. The number of hydrogen-bond acceptors (Lipinski definition) is 5. The molecule has 1 aliphatic rings. The van der Waals surface area contributed by atoms with Crippen LogP contribution >= 0.6 is 22.9 Å². The van der Waals surface area contributed by atoms with Crippen LogP contribution in [0.15, 0.2) is 35.7 Å². The summed E-state index contributed by atoms with van der Waals surface area (Å²) in [5.74, 6) is 0.785. The van der Waals surface area contributed by atoms with E-state index < -0.39 is 5.41 Å². The Balaban J connectivity index is 1.87. The van der Waals surface area contributed by atoms with Crippen molar-refractivity contribution in [2.45, 2.75) is 32.7 Å². The van der Waals surface area contributed by atoms with Gasteiger partial charge < -0.3 is 19.3 Å². The molecule has 2 aromatic rings. The van der Waals surface area contributed by atoms with E-state index in [1.807, 2.05) is 43.0 Å². The van der Waals surface area contributed by atoms with E-state index in [0.717, 1.165) is 23.3 Å². The molecular weight excluding hydrogens is 460 g/mol. The molecule has 6 nitrogen and oxygen atoms in total. The minimum atomic E-state index is -0.743. The summed E-state index contributed by atoms with van der Waals surface area (Å²) in [7, 11) is 3.27. The third kappa shape index (κ3) is 5.89. The lowest BCUT2D eigenvalue weighted by atomic mass is 9.92. The van der Waals surface area contributed by atoms with Gasteiger partial charge in [-0.3, -0.25) is 9.59 Å². The predicted octanol–water partition coefficient (Wildman–Crippen LogP) is 4.36. The van der Waals surface area contributed by atoms with Crippen molar-refractivity contribution in [3.05, 3.63) is 51.7 Å². The number of alkyl halides is 1. The number of thiophene rings is 1. The van der Waals surface area contributed by atoms with E-state index in [2.05, 4.69) is 11.4 Å². The van der Waals surface area contributed by atoms with E-state index in [4.69, 9.17) is 21.1 Å². The summed E-state index contributed by atoms with van der Waals surface area (Å²) in [6.07, 6.45) is 1.47. The Kier molecular flexibility index (Phi) is 8.79. The number of amides is 2. The number of halogens is 1. The van der Waals surface area contributed by atoms with Gasteiger partial charge in [0.25, 0.3) is 0 Å². The van der Waals surface area contributed by atoms with Gasteiger partial charge in [-0.05, 0) is 61.4 Å². The number of fused-ring (bicyclic) bond motifs is 1. The molecule has 2 amide bonds. The molecule has 180 valence electrons. The summed E-state index contributed by atoms with van der Waals surface area (Å²) in [4.78, 5) is 31.7. The summed E-state index contributed by atoms with van der Waals surface area (Å²) in [5, 5.41) is 2.08. The summed E-state index contributed by atoms with van der Waals surface area (Å²) in [5.41, 5.74) is 1.44. The summed E-state index contributed by atoms with van der Waals surface area (Å²) in [6.45, 7) is 5.24. The van der Waals surface area contributed by atoms with Gasteiger partial charge in [0.2, 0.25) is 11.8 Å². The first-order valence-corrected chi connectivity index (χ1v) is 12.6. The first-order chi connectivity index (χ1) is 15.8. The fourth-order valence-corrected chi connectivity index (χ4v) is 5.14. The molecule has 3 rings (SSSR count). The van der Waals surface area contributed by atoms with Crippen LogP contribution in [0.2, 0.25) is 0 Å². The molecule has 0 bridgehead atoms. The van der Waals surface area contributed by atoms with Gasteiger partial charge in [-0.2, -0.15) is 0 Å². The number of hydrogen-bond donors (Lipinski definition) is 0. The van der Waals surface area contributed by atoms with Crippen molar-refractivity contribution >= 4 is 34.8 Å². The van der Waals surface area contributed by atoms with Crippen molar-refractivity contribution in [1.82, 2.24) is 9.80 Å². The molecule has 1 atom stereocenters. The molecule has 2 heterocycles. The molecule has 0 spiro atoms. The molecular formula is C25H33ClN2O4S. The highest BCUT2D eigenvalue weighted by atomic mass is 35.5. The Morgan fingerprint density at radius 2 is 1.94 bits per heavy atom. The second kappa shape index (κ2) is 11.4. The smallest absolute Gasteiger partial charge is 0.242 e. The third-order valence-corrected chi connectivity index (χ3v) is 7.69. The average molecular weight is 493 g/mol. The molecule has 1 aliphatic heterocycles. The molecule has 8 heteroatoms. The van der Waals surface area contributed by atoms with Crippen LogP contribution in [0.5, 0.6) is 5.75 Å². The van der Waals surface area contributed by atoms with E-state index in [9.17, 15) is 9.59 Å². The maximum Gasteiger partial charge on any atom is 0.242 e. The largest absolute Gasteiger partial charge is 0.497 e. The van der Waals surface area contributed by atoms with Crippen LogP contribution in [-0.4, -0.2) is 68.0 Å². The van der Waals surface area contributed by atoms with Gasteiger partial charge in [0.1, 0.15) is 5.75 Å². The van der Waals surface area contributed by atoms with Crippen molar-refractivity contribution in [3.63, 3.8) is 0 Å². The molecule has 0 radical (unpaired) electrons. The summed E-state index contributed by atoms with van der Waals surface area (Å²) in [6, 6.07) is 9.77. The Morgan fingerprint density at radius 3 is 2.58 bits per heavy atom. The van der Waals surface area contributed by atoms with E-state index in [1.54, 1.807) is 30.5 Å². The zero-order valence-electron chi connectivity index (χ0n) is 19.8. The third-order valence-electron chi connectivity index (χ3n) is 6.02. The summed E-state index contributed by atoms with van der Waals surface area (Å²) < 4.78 is 10.5. The zero-order chi connectivity index (χ0) is 24.0. The Bertz CT molecular complexity index is 944. The SMILES string of the molecule is COCCCN(CC(=O)N1CCc2sccc2C1c1ccc(OC)cc1)C(=O)C(C)(C)CCl. The predicted molar refractivity (Wildman–Crippen MR) is 132 cm³/mol. The van der Waals surface area contributed by atoms with Gasteiger partial charge in [-0.1, -0.05) is 12.1 Å². The van der Waals surface area contributed by atoms with Crippen molar-refractivity contribution < 1.29 is 19.1 Å². The standard InChI is InChI=1S/C25H33ClN2O4S/c1-25(2,17-26)24(30)27(12-5-14-31-3)16-22(29)28-13-10-21-20(11-15-33-21)23(28)18-6-8-19(32-4)9-7-18/h6-9,11,15,23H,5,10,12-14,16-17H2,1-4H3. The van der Waals surface area contributed by atoms with Gasteiger partial charge in [0.05, 0.1) is 25.1 Å². The van der Waals surface area contributed by atoms with Crippen LogP contribution in [0.4, 0.5) is 0 Å². The highest BCUT2D eigenvalue weighted by Crippen LogP contribution is 2.38. The number of nitrogens with zero attached hydrogens (tertiary/aromatic N) is 2. The summed E-state index contributed by atoms with van der Waals surface area (Å²) >= 11 is 7.80. The molecule has 0 aliphatic carbocycles. The van der Waals surface area contributed by atoms with Crippen LogP contribution in [0.3, 0.4) is 0 Å². The Labute approximate surface area is 205 Å². The van der Waals surface area contributed by atoms with Crippen LogP contribution < -0.4 is 4.74 Å². The number of carbonyl (C=O) groups is 2. The number of carbonyl (C=O) groups excluding carboxylic acids is 2. The molecule has 33 heavy (non-hydrogen) atoms. The lowest BCUT2D eigenvalue weighted by Crippen LogP contribution is -2.50. The number of ether oxygens (including phenoxy) is 2. The van der Waals surface area contributed by atoms with Gasteiger partial charge in [0, 0.05) is 37.6 Å². The van der Waals surface area contributed by atoms with Gasteiger partial charge in [-0.25, -0.2) is 0 Å². The molecule has 0 N–H and O–H groups in total. The minimum absolute atomic E-state index is 0.0228. The van der Waals surface area contributed by atoms with E-state index in [0.29, 0.717) is 26.1 Å². The second-order valence-electron chi connectivity index (χ2n) is 8.90. The Hall–Kier alpha value is -2.09. The molecule has 1 unspecified atom stereocenters. The molecule has 0 saturated carbocycles. The van der Waals surface area contributed by atoms with Crippen molar-refractivity contribution in [3.8, 4) is 5.75 Å². The molecule has 0 saturated heterocycles. The van der Waals surface area contributed by atoms with Gasteiger partial charge in [0.15, 0.2) is 0 Å². The monoisotopic (exact) mass is 492 g/mol. The van der Waals surface area contributed by atoms with E-state index in [1.165, 1.54) is 4.88 Å². The first-order valence-electron chi connectivity index (χ1n) is 11.2. The lowest BCUT2D eigenvalue weighted by Gasteiger charge is -2.38. The maximum absolute atomic E-state index is 13.6. The number of rotatable bonds is 10. The van der Waals surface area contributed by atoms with Crippen molar-refractivity contribution in [2.75, 3.05) is 46.3 Å². The van der Waals surface area contributed by atoms with E-state index >= 15 is 0 Å². The van der Waals surface area contributed by atoms with E-state index in [-0.39, 0.29) is 30.3 Å². The first kappa shape index (κ1) is 25.5. The second-order valence-corrected chi connectivity index (χ2v) is 10.2. The van der Waals surface area contributed by atoms with Gasteiger partial charge in [-0.15, -0.1) is 22.9 Å². The highest BCUT2D eigenvalue weighted by Gasteiger charge is 2.36. The van der Waals surface area contributed by atoms with Crippen LogP contribution in [0, 0.1) is 5.41 Å². The number of benzene rings is 1. The highest BCUT2D eigenvalue weighted by molar-refractivity contribution is 7.10. The fourth-order valence-electron chi connectivity index (χ4n) is 4.12.